The average Bonchev–Trinajstić information content (AvgIpc) is 2.46. The van der Waals surface area contributed by atoms with Crippen LogP contribution < -0.4 is 10.1 Å². The van der Waals surface area contributed by atoms with Crippen molar-refractivity contribution in [2.45, 2.75) is 13.8 Å². The number of hydrogen-bond donors (Lipinski definition) is 1. The Morgan fingerprint density at radius 2 is 1.91 bits per heavy atom. The molecule has 1 amide bonds. The summed E-state index contributed by atoms with van der Waals surface area (Å²) >= 11 is 5.86. The van der Waals surface area contributed by atoms with E-state index >= 15 is 0 Å². The number of benzene rings is 2. The molecule has 0 bridgehead atoms. The number of anilines is 1. The molecule has 0 radical (unpaired) electrons. The van der Waals surface area contributed by atoms with Gasteiger partial charge in [0.15, 0.2) is 6.61 Å². The number of ether oxygens (including phenoxy) is 1. The zero-order chi connectivity index (χ0) is 16.1. The average molecular weight is 318 g/mol. The molecule has 0 aliphatic heterocycles. The number of halogens is 1. The van der Waals surface area contributed by atoms with Gasteiger partial charge in [-0.3, -0.25) is 9.59 Å². The van der Waals surface area contributed by atoms with Gasteiger partial charge >= 0.3 is 0 Å². The molecule has 0 aliphatic carbocycles. The molecule has 114 valence electrons. The van der Waals surface area contributed by atoms with Gasteiger partial charge in [0.2, 0.25) is 0 Å². The van der Waals surface area contributed by atoms with Gasteiger partial charge in [-0.1, -0.05) is 17.7 Å². The molecule has 0 saturated heterocycles. The van der Waals surface area contributed by atoms with E-state index in [0.717, 1.165) is 17.4 Å². The van der Waals surface area contributed by atoms with Gasteiger partial charge in [0.05, 0.1) is 0 Å². The highest BCUT2D eigenvalue weighted by molar-refractivity contribution is 6.30. The van der Waals surface area contributed by atoms with Crippen molar-refractivity contribution in [3.05, 3.63) is 58.1 Å². The van der Waals surface area contributed by atoms with E-state index in [9.17, 15) is 9.59 Å². The highest BCUT2D eigenvalue weighted by atomic mass is 35.5. The van der Waals surface area contributed by atoms with Crippen molar-refractivity contribution in [1.29, 1.82) is 0 Å². The van der Waals surface area contributed by atoms with Crippen LogP contribution in [0.1, 0.15) is 21.5 Å². The molecule has 22 heavy (non-hydrogen) atoms. The summed E-state index contributed by atoms with van der Waals surface area (Å²) < 4.78 is 5.57. The van der Waals surface area contributed by atoms with Gasteiger partial charge in [0.1, 0.15) is 12.0 Å². The molecule has 4 nitrogen and oxygen atoms in total. The van der Waals surface area contributed by atoms with E-state index in [2.05, 4.69) is 5.32 Å². The minimum atomic E-state index is -0.277. The van der Waals surface area contributed by atoms with E-state index in [0.29, 0.717) is 22.0 Å². The second-order valence-corrected chi connectivity index (χ2v) is 5.39. The van der Waals surface area contributed by atoms with E-state index in [1.54, 1.807) is 36.4 Å². The van der Waals surface area contributed by atoms with E-state index in [-0.39, 0.29) is 12.5 Å². The maximum atomic E-state index is 11.9. The van der Waals surface area contributed by atoms with Crippen LogP contribution in [-0.4, -0.2) is 18.8 Å². The number of aryl methyl sites for hydroxylation is 2. The van der Waals surface area contributed by atoms with Crippen molar-refractivity contribution in [2.24, 2.45) is 0 Å². The SMILES string of the molecule is Cc1cc(C=O)cc(C)c1OCC(=O)Nc1cccc(Cl)c1. The number of rotatable bonds is 5. The van der Waals surface area contributed by atoms with Gasteiger partial charge in [0.25, 0.3) is 5.91 Å². The number of nitrogens with one attached hydrogen (secondary N) is 1. The second kappa shape index (κ2) is 7.09. The third-order valence-electron chi connectivity index (χ3n) is 3.07. The Morgan fingerprint density at radius 3 is 2.50 bits per heavy atom. The Kier molecular flexibility index (Phi) is 5.17. The van der Waals surface area contributed by atoms with E-state index in [1.165, 1.54) is 0 Å². The van der Waals surface area contributed by atoms with Crippen LogP contribution in [0.15, 0.2) is 36.4 Å². The minimum Gasteiger partial charge on any atom is -0.483 e. The molecule has 0 aromatic heterocycles. The molecule has 1 N–H and O–H groups in total. The fourth-order valence-electron chi connectivity index (χ4n) is 2.18. The van der Waals surface area contributed by atoms with E-state index < -0.39 is 0 Å². The van der Waals surface area contributed by atoms with E-state index in [1.807, 2.05) is 13.8 Å². The largest absolute Gasteiger partial charge is 0.483 e. The number of carbonyl (C=O) groups excluding carboxylic acids is 2. The molecule has 2 aromatic rings. The summed E-state index contributed by atoms with van der Waals surface area (Å²) in [5.74, 6) is 0.340. The monoisotopic (exact) mass is 317 g/mol. The summed E-state index contributed by atoms with van der Waals surface area (Å²) in [7, 11) is 0. The molecule has 0 aliphatic rings. The zero-order valence-electron chi connectivity index (χ0n) is 12.4. The molecule has 0 fully saturated rings. The van der Waals surface area contributed by atoms with Gasteiger partial charge in [-0.25, -0.2) is 0 Å². The number of carbonyl (C=O) groups is 2. The molecular formula is C17H16ClNO3. The quantitative estimate of drug-likeness (QED) is 0.854. The van der Waals surface area contributed by atoms with Gasteiger partial charge in [-0.15, -0.1) is 0 Å². The molecule has 0 unspecified atom stereocenters. The van der Waals surface area contributed by atoms with Crippen molar-refractivity contribution >= 4 is 29.5 Å². The van der Waals surface area contributed by atoms with Crippen molar-refractivity contribution in [3.8, 4) is 5.75 Å². The first-order valence-electron chi connectivity index (χ1n) is 6.74. The van der Waals surface area contributed by atoms with E-state index in [4.69, 9.17) is 16.3 Å². The van der Waals surface area contributed by atoms with Crippen molar-refractivity contribution in [2.75, 3.05) is 11.9 Å². The third kappa shape index (κ3) is 4.09. The maximum Gasteiger partial charge on any atom is 0.262 e. The Morgan fingerprint density at radius 1 is 1.23 bits per heavy atom. The van der Waals surface area contributed by atoms with Crippen molar-refractivity contribution in [3.63, 3.8) is 0 Å². The molecule has 0 atom stereocenters. The zero-order valence-corrected chi connectivity index (χ0v) is 13.1. The predicted molar refractivity (Wildman–Crippen MR) is 86.9 cm³/mol. The molecule has 0 spiro atoms. The molecule has 0 heterocycles. The Bertz CT molecular complexity index is 690. The third-order valence-corrected chi connectivity index (χ3v) is 3.31. The van der Waals surface area contributed by atoms with Crippen LogP contribution in [0.25, 0.3) is 0 Å². The lowest BCUT2D eigenvalue weighted by molar-refractivity contribution is -0.118. The van der Waals surface area contributed by atoms with Crippen LogP contribution in [0.5, 0.6) is 5.75 Å². The summed E-state index contributed by atoms with van der Waals surface area (Å²) in [6, 6.07) is 10.3. The summed E-state index contributed by atoms with van der Waals surface area (Å²) in [6.45, 7) is 3.56. The van der Waals surface area contributed by atoms with Crippen LogP contribution >= 0.6 is 11.6 Å². The Labute approximate surface area is 134 Å². The van der Waals surface area contributed by atoms with Gasteiger partial charge < -0.3 is 10.1 Å². The predicted octanol–water partition coefficient (Wildman–Crippen LogP) is 3.79. The highest BCUT2D eigenvalue weighted by Gasteiger charge is 2.09. The molecule has 2 rings (SSSR count). The Hall–Kier alpha value is -2.33. The lowest BCUT2D eigenvalue weighted by Crippen LogP contribution is -2.20. The molecule has 5 heteroatoms. The topological polar surface area (TPSA) is 55.4 Å². The van der Waals surface area contributed by atoms with Crippen LogP contribution in [0.3, 0.4) is 0 Å². The number of aldehydes is 1. The van der Waals surface area contributed by atoms with Crippen LogP contribution in [0.4, 0.5) is 5.69 Å². The Balaban J connectivity index is 2.01. The summed E-state index contributed by atoms with van der Waals surface area (Å²) in [4.78, 5) is 22.7. The lowest BCUT2D eigenvalue weighted by Gasteiger charge is -2.13. The summed E-state index contributed by atoms with van der Waals surface area (Å²) in [6.07, 6.45) is 0.787. The number of hydrogen-bond acceptors (Lipinski definition) is 3. The summed E-state index contributed by atoms with van der Waals surface area (Å²) in [5, 5.41) is 3.26. The minimum absolute atomic E-state index is 0.116. The fourth-order valence-corrected chi connectivity index (χ4v) is 2.37. The standard InChI is InChI=1S/C17H16ClNO3/c1-11-6-13(9-20)7-12(2)17(11)22-10-16(21)19-15-5-3-4-14(18)8-15/h3-9H,10H2,1-2H3,(H,19,21). The molecular weight excluding hydrogens is 302 g/mol. The van der Waals surface area contributed by atoms with Crippen molar-refractivity contribution in [1.82, 2.24) is 0 Å². The van der Waals surface area contributed by atoms with Gasteiger partial charge in [-0.2, -0.15) is 0 Å². The molecule has 0 saturated carbocycles. The van der Waals surface area contributed by atoms with Gasteiger partial charge in [-0.05, 0) is 55.3 Å². The lowest BCUT2D eigenvalue weighted by atomic mass is 10.1. The first kappa shape index (κ1) is 16.0. The fraction of sp³-hybridized carbons (Fsp3) is 0.176. The maximum absolute atomic E-state index is 11.9. The molecule has 2 aromatic carbocycles. The first-order valence-corrected chi connectivity index (χ1v) is 7.12. The second-order valence-electron chi connectivity index (χ2n) is 4.95. The van der Waals surface area contributed by atoms with Crippen LogP contribution in [0.2, 0.25) is 5.02 Å². The first-order chi connectivity index (χ1) is 10.5. The summed E-state index contributed by atoms with van der Waals surface area (Å²) in [5.41, 5.74) is 2.84. The van der Waals surface area contributed by atoms with Crippen molar-refractivity contribution < 1.29 is 14.3 Å². The van der Waals surface area contributed by atoms with Crippen LogP contribution in [0, 0.1) is 13.8 Å². The normalized spacial score (nSPS) is 10.1. The number of amides is 1. The van der Waals surface area contributed by atoms with Gasteiger partial charge in [0, 0.05) is 16.3 Å². The smallest absolute Gasteiger partial charge is 0.262 e. The van der Waals surface area contributed by atoms with Crippen LogP contribution in [-0.2, 0) is 4.79 Å². The highest BCUT2D eigenvalue weighted by Crippen LogP contribution is 2.24.